The molecule has 1 heterocycles. The van der Waals surface area contributed by atoms with Crippen LogP contribution >= 0.6 is 11.3 Å². The number of anilines is 1. The zero-order chi connectivity index (χ0) is 20.8. The molecule has 0 unspecified atom stereocenters. The number of ether oxygens (including phenoxy) is 2. The van der Waals surface area contributed by atoms with E-state index in [1.807, 2.05) is 37.3 Å². The number of nitrogens with one attached hydrogen (secondary N) is 1. The Kier molecular flexibility index (Phi) is 6.61. The maximum atomic E-state index is 12.5. The summed E-state index contributed by atoms with van der Waals surface area (Å²) < 4.78 is 10.7. The second kappa shape index (κ2) is 9.34. The van der Waals surface area contributed by atoms with Gasteiger partial charge in [0.15, 0.2) is 6.10 Å². The number of hydrogen-bond donors (Lipinski definition) is 1. The number of benzene rings is 2. The van der Waals surface area contributed by atoms with Gasteiger partial charge in [-0.15, -0.1) is 11.3 Å². The van der Waals surface area contributed by atoms with Crippen LogP contribution in [-0.4, -0.2) is 29.6 Å². The van der Waals surface area contributed by atoms with Crippen molar-refractivity contribution in [2.75, 3.05) is 11.9 Å². The van der Waals surface area contributed by atoms with Gasteiger partial charge in [-0.25, -0.2) is 9.78 Å². The molecule has 1 aromatic heterocycles. The second-order valence-electron chi connectivity index (χ2n) is 6.29. The quantitative estimate of drug-likeness (QED) is 0.571. The Bertz CT molecular complexity index is 984. The normalized spacial score (nSPS) is 11.6. The molecule has 0 aliphatic rings. The lowest BCUT2D eigenvalue weighted by Gasteiger charge is -2.13. The Balaban J connectivity index is 1.62. The molecule has 0 radical (unpaired) electrons. The molecule has 2 aromatic carbocycles. The van der Waals surface area contributed by atoms with Crippen molar-refractivity contribution in [1.82, 2.24) is 4.98 Å². The van der Waals surface area contributed by atoms with Crippen molar-refractivity contribution < 1.29 is 19.1 Å². The van der Waals surface area contributed by atoms with Crippen LogP contribution in [-0.2, 0) is 9.53 Å². The molecule has 7 heteroatoms. The third kappa shape index (κ3) is 5.20. The summed E-state index contributed by atoms with van der Waals surface area (Å²) in [4.78, 5) is 29.8. The van der Waals surface area contributed by atoms with Gasteiger partial charge in [-0.05, 0) is 45.0 Å². The zero-order valence-electron chi connectivity index (χ0n) is 16.5. The fourth-order valence-electron chi connectivity index (χ4n) is 2.60. The van der Waals surface area contributed by atoms with E-state index in [2.05, 4.69) is 10.3 Å². The summed E-state index contributed by atoms with van der Waals surface area (Å²) in [6, 6.07) is 16.6. The smallest absolute Gasteiger partial charge is 0.351 e. The minimum atomic E-state index is -0.948. The number of nitrogens with zero attached hydrogens (tertiary/aromatic N) is 1. The van der Waals surface area contributed by atoms with Crippen molar-refractivity contribution in [1.29, 1.82) is 0 Å². The van der Waals surface area contributed by atoms with Crippen LogP contribution in [0.3, 0.4) is 0 Å². The Labute approximate surface area is 173 Å². The predicted octanol–water partition coefficient (Wildman–Crippen LogP) is 4.70. The van der Waals surface area contributed by atoms with Gasteiger partial charge in [0.05, 0.1) is 12.3 Å². The number of hydrogen-bond acceptors (Lipinski definition) is 6. The number of aryl methyl sites for hydroxylation is 1. The highest BCUT2D eigenvalue weighted by atomic mass is 32.1. The average molecular weight is 410 g/mol. The first kappa shape index (κ1) is 20.5. The third-order valence-electron chi connectivity index (χ3n) is 4.09. The topological polar surface area (TPSA) is 77.5 Å². The molecule has 0 spiro atoms. The van der Waals surface area contributed by atoms with Gasteiger partial charge in [0.25, 0.3) is 5.91 Å². The first-order valence-corrected chi connectivity index (χ1v) is 10.1. The molecule has 0 saturated carbocycles. The van der Waals surface area contributed by atoms with Crippen LogP contribution in [0.1, 0.15) is 29.2 Å². The van der Waals surface area contributed by atoms with Crippen LogP contribution in [0.4, 0.5) is 5.69 Å². The zero-order valence-corrected chi connectivity index (χ0v) is 17.3. The van der Waals surface area contributed by atoms with E-state index in [4.69, 9.17) is 9.47 Å². The van der Waals surface area contributed by atoms with E-state index in [0.29, 0.717) is 22.9 Å². The fraction of sp³-hybridized carbons (Fsp3) is 0.227. The molecule has 0 aliphatic heterocycles. The molecule has 1 atom stereocenters. The van der Waals surface area contributed by atoms with Crippen molar-refractivity contribution in [2.24, 2.45) is 0 Å². The standard InChI is InChI=1S/C22H22N2O4S/c1-4-27-18-12-10-17(11-13-18)24-20(25)15(3)28-22(26)19-14(2)23-21(29-19)16-8-6-5-7-9-16/h5-13,15H,4H2,1-3H3,(H,24,25)/t15-/m1/s1. The summed E-state index contributed by atoms with van der Waals surface area (Å²) in [5.74, 6) is -0.246. The maximum absolute atomic E-state index is 12.5. The van der Waals surface area contributed by atoms with Gasteiger partial charge >= 0.3 is 5.97 Å². The molecular weight excluding hydrogens is 388 g/mol. The summed E-state index contributed by atoms with van der Waals surface area (Å²) in [5, 5.41) is 3.47. The number of thiazole rings is 1. The van der Waals surface area contributed by atoms with E-state index in [1.165, 1.54) is 18.3 Å². The lowest BCUT2D eigenvalue weighted by atomic mass is 10.2. The summed E-state index contributed by atoms with van der Waals surface area (Å²) in [5.41, 5.74) is 2.11. The Hall–Kier alpha value is -3.19. The van der Waals surface area contributed by atoms with Crippen LogP contribution in [0.2, 0.25) is 0 Å². The highest BCUT2D eigenvalue weighted by Crippen LogP contribution is 2.28. The largest absolute Gasteiger partial charge is 0.494 e. The fourth-order valence-corrected chi connectivity index (χ4v) is 3.56. The molecule has 0 bridgehead atoms. The van der Waals surface area contributed by atoms with Crippen molar-refractivity contribution in [3.8, 4) is 16.3 Å². The number of carbonyl (C=O) groups excluding carboxylic acids is 2. The second-order valence-corrected chi connectivity index (χ2v) is 7.29. The SMILES string of the molecule is CCOc1ccc(NC(=O)[C@@H](C)OC(=O)c2sc(-c3ccccc3)nc2C)cc1. The van der Waals surface area contributed by atoms with Crippen LogP contribution in [0.15, 0.2) is 54.6 Å². The van der Waals surface area contributed by atoms with Crippen LogP contribution in [0.5, 0.6) is 5.75 Å². The number of esters is 1. The third-order valence-corrected chi connectivity index (χ3v) is 5.28. The summed E-state index contributed by atoms with van der Waals surface area (Å²) in [6.07, 6.45) is -0.948. The van der Waals surface area contributed by atoms with Crippen molar-refractivity contribution >= 4 is 28.9 Å². The number of rotatable bonds is 7. The van der Waals surface area contributed by atoms with Gasteiger partial charge < -0.3 is 14.8 Å². The molecule has 3 rings (SSSR count). The van der Waals surface area contributed by atoms with E-state index in [-0.39, 0.29) is 0 Å². The van der Waals surface area contributed by atoms with E-state index >= 15 is 0 Å². The number of carbonyl (C=O) groups is 2. The van der Waals surface area contributed by atoms with E-state index < -0.39 is 18.0 Å². The minimum absolute atomic E-state index is 0.393. The van der Waals surface area contributed by atoms with Crippen LogP contribution in [0.25, 0.3) is 10.6 Å². The predicted molar refractivity (Wildman–Crippen MR) is 113 cm³/mol. The summed E-state index contributed by atoms with van der Waals surface area (Å²) >= 11 is 1.25. The molecule has 1 N–H and O–H groups in total. The van der Waals surface area contributed by atoms with Gasteiger partial charge in [-0.1, -0.05) is 30.3 Å². The van der Waals surface area contributed by atoms with E-state index in [1.54, 1.807) is 31.2 Å². The van der Waals surface area contributed by atoms with E-state index in [9.17, 15) is 9.59 Å². The Morgan fingerprint density at radius 2 is 1.79 bits per heavy atom. The van der Waals surface area contributed by atoms with Crippen LogP contribution < -0.4 is 10.1 Å². The van der Waals surface area contributed by atoms with Crippen molar-refractivity contribution in [3.63, 3.8) is 0 Å². The molecule has 1 amide bonds. The molecule has 0 aliphatic carbocycles. The number of amides is 1. The lowest BCUT2D eigenvalue weighted by molar-refractivity contribution is -0.123. The highest BCUT2D eigenvalue weighted by Gasteiger charge is 2.23. The van der Waals surface area contributed by atoms with Gasteiger partial charge in [0.2, 0.25) is 0 Å². The molecule has 0 fully saturated rings. The molecule has 0 saturated heterocycles. The van der Waals surface area contributed by atoms with Crippen molar-refractivity contribution in [2.45, 2.75) is 26.9 Å². The Morgan fingerprint density at radius 1 is 1.10 bits per heavy atom. The Morgan fingerprint density at radius 3 is 2.45 bits per heavy atom. The summed E-state index contributed by atoms with van der Waals surface area (Å²) in [7, 11) is 0. The molecule has 150 valence electrons. The highest BCUT2D eigenvalue weighted by molar-refractivity contribution is 7.17. The number of aromatic nitrogens is 1. The van der Waals surface area contributed by atoms with E-state index in [0.717, 1.165) is 16.3 Å². The summed E-state index contributed by atoms with van der Waals surface area (Å²) in [6.45, 7) is 5.77. The van der Waals surface area contributed by atoms with Crippen molar-refractivity contribution in [3.05, 3.63) is 65.2 Å². The van der Waals surface area contributed by atoms with Gasteiger partial charge in [-0.2, -0.15) is 0 Å². The molecule has 3 aromatic rings. The minimum Gasteiger partial charge on any atom is -0.494 e. The first-order chi connectivity index (χ1) is 14.0. The average Bonchev–Trinajstić information content (AvgIpc) is 3.12. The van der Waals surface area contributed by atoms with Gasteiger partial charge in [0, 0.05) is 11.3 Å². The monoisotopic (exact) mass is 410 g/mol. The van der Waals surface area contributed by atoms with Crippen LogP contribution in [0, 0.1) is 6.92 Å². The molecule has 6 nitrogen and oxygen atoms in total. The van der Waals surface area contributed by atoms with Gasteiger partial charge in [-0.3, -0.25) is 4.79 Å². The first-order valence-electron chi connectivity index (χ1n) is 9.25. The lowest BCUT2D eigenvalue weighted by Crippen LogP contribution is -2.29. The molecular formula is C22H22N2O4S. The molecule has 29 heavy (non-hydrogen) atoms. The maximum Gasteiger partial charge on any atom is 0.351 e. The van der Waals surface area contributed by atoms with Gasteiger partial charge in [0.1, 0.15) is 15.6 Å².